The predicted molar refractivity (Wildman–Crippen MR) is 116 cm³/mol. The van der Waals surface area contributed by atoms with Gasteiger partial charge in [0.1, 0.15) is 11.5 Å². The van der Waals surface area contributed by atoms with Crippen molar-refractivity contribution in [2.75, 3.05) is 19.5 Å². The summed E-state index contributed by atoms with van der Waals surface area (Å²) in [5.74, 6) is 1.29. The molecule has 29 heavy (non-hydrogen) atoms. The van der Waals surface area contributed by atoms with E-state index in [1.807, 2.05) is 85.8 Å². The molecule has 0 fully saturated rings. The van der Waals surface area contributed by atoms with Gasteiger partial charge in [-0.25, -0.2) is 0 Å². The summed E-state index contributed by atoms with van der Waals surface area (Å²) < 4.78 is 10.6. The van der Waals surface area contributed by atoms with Crippen molar-refractivity contribution in [2.24, 2.45) is 0 Å². The van der Waals surface area contributed by atoms with Gasteiger partial charge in [0.2, 0.25) is 5.91 Å². The molecule has 3 rings (SSSR count). The molecule has 150 valence electrons. The molecule has 0 aliphatic heterocycles. The zero-order valence-corrected chi connectivity index (χ0v) is 16.9. The summed E-state index contributed by atoms with van der Waals surface area (Å²) in [6.07, 6.45) is 0. The Balaban J connectivity index is 1.80. The van der Waals surface area contributed by atoms with E-state index in [9.17, 15) is 4.79 Å². The average Bonchev–Trinajstić information content (AvgIpc) is 2.78. The molecule has 0 radical (unpaired) electrons. The second-order valence-electron chi connectivity index (χ2n) is 6.69. The van der Waals surface area contributed by atoms with Gasteiger partial charge in [0.25, 0.3) is 0 Å². The number of anilines is 1. The van der Waals surface area contributed by atoms with Crippen molar-refractivity contribution < 1.29 is 14.3 Å². The van der Waals surface area contributed by atoms with Gasteiger partial charge in [-0.3, -0.25) is 10.1 Å². The summed E-state index contributed by atoms with van der Waals surface area (Å²) in [6, 6.07) is 24.7. The molecule has 5 heteroatoms. The Morgan fingerprint density at radius 1 is 0.793 bits per heavy atom. The summed E-state index contributed by atoms with van der Waals surface area (Å²) >= 11 is 0. The molecule has 2 N–H and O–H groups in total. The summed E-state index contributed by atoms with van der Waals surface area (Å²) in [7, 11) is 3.23. The number of carbonyl (C=O) groups excluding carboxylic acids is 1. The van der Waals surface area contributed by atoms with Crippen LogP contribution in [0.25, 0.3) is 0 Å². The first-order chi connectivity index (χ1) is 14.1. The van der Waals surface area contributed by atoms with E-state index in [0.717, 1.165) is 16.9 Å². The van der Waals surface area contributed by atoms with Crippen molar-refractivity contribution in [3.05, 3.63) is 90.0 Å². The Morgan fingerprint density at radius 3 is 2.07 bits per heavy atom. The predicted octanol–water partition coefficient (Wildman–Crippen LogP) is 4.41. The van der Waals surface area contributed by atoms with Crippen LogP contribution in [-0.4, -0.2) is 26.2 Å². The SMILES string of the molecule is COc1ccc([C@@H](N[C@H](C)C(=O)Nc2ccccc2OC)c2ccccc2)cc1. The standard InChI is InChI=1S/C24H26N2O3/c1-17(24(27)26-21-11-7-8-12-22(21)29-3)25-23(18-9-5-4-6-10-18)19-13-15-20(28-2)16-14-19/h4-17,23,25H,1-3H3,(H,26,27)/t17-,23+/m1/s1. The van der Waals surface area contributed by atoms with E-state index in [2.05, 4.69) is 10.6 Å². The van der Waals surface area contributed by atoms with E-state index >= 15 is 0 Å². The molecule has 3 aromatic carbocycles. The Kier molecular flexibility index (Phi) is 6.87. The van der Waals surface area contributed by atoms with Crippen LogP contribution in [0.3, 0.4) is 0 Å². The summed E-state index contributed by atoms with van der Waals surface area (Å²) in [5, 5.41) is 6.39. The zero-order valence-electron chi connectivity index (χ0n) is 16.9. The Labute approximate surface area is 171 Å². The van der Waals surface area contributed by atoms with Gasteiger partial charge >= 0.3 is 0 Å². The van der Waals surface area contributed by atoms with E-state index < -0.39 is 6.04 Å². The smallest absolute Gasteiger partial charge is 0.241 e. The van der Waals surface area contributed by atoms with Crippen LogP contribution in [-0.2, 0) is 4.79 Å². The molecule has 0 saturated carbocycles. The molecular formula is C24H26N2O3. The molecule has 0 bridgehead atoms. The molecule has 0 aliphatic carbocycles. The van der Waals surface area contributed by atoms with Crippen LogP contribution in [0, 0.1) is 0 Å². The highest BCUT2D eigenvalue weighted by Gasteiger charge is 2.21. The Hall–Kier alpha value is -3.31. The van der Waals surface area contributed by atoms with Crippen LogP contribution in [0.1, 0.15) is 24.1 Å². The summed E-state index contributed by atoms with van der Waals surface area (Å²) in [5.41, 5.74) is 2.78. The lowest BCUT2D eigenvalue weighted by Crippen LogP contribution is -2.40. The normalized spacial score (nSPS) is 12.7. The van der Waals surface area contributed by atoms with Gasteiger partial charge in [-0.15, -0.1) is 0 Å². The van der Waals surface area contributed by atoms with Crippen LogP contribution in [0.2, 0.25) is 0 Å². The van der Waals surface area contributed by atoms with Gasteiger partial charge in [0.15, 0.2) is 0 Å². The number of benzene rings is 3. The van der Waals surface area contributed by atoms with Gasteiger partial charge < -0.3 is 14.8 Å². The van der Waals surface area contributed by atoms with Gasteiger partial charge in [-0.1, -0.05) is 54.6 Å². The number of para-hydroxylation sites is 2. The molecule has 0 saturated heterocycles. The maximum Gasteiger partial charge on any atom is 0.241 e. The maximum atomic E-state index is 12.8. The van der Waals surface area contributed by atoms with E-state index in [1.165, 1.54) is 0 Å². The number of methoxy groups -OCH3 is 2. The minimum absolute atomic E-state index is 0.135. The molecule has 0 unspecified atom stereocenters. The molecule has 0 heterocycles. The second-order valence-corrected chi connectivity index (χ2v) is 6.69. The molecule has 0 aromatic heterocycles. The lowest BCUT2D eigenvalue weighted by Gasteiger charge is -2.24. The third-order valence-corrected chi connectivity index (χ3v) is 4.76. The van der Waals surface area contributed by atoms with Crippen LogP contribution in [0.15, 0.2) is 78.9 Å². The quantitative estimate of drug-likeness (QED) is 0.598. The van der Waals surface area contributed by atoms with Crippen molar-refractivity contribution in [2.45, 2.75) is 19.0 Å². The fraction of sp³-hybridized carbons (Fsp3) is 0.208. The number of nitrogens with one attached hydrogen (secondary N) is 2. The Bertz CT molecular complexity index is 926. The first-order valence-corrected chi connectivity index (χ1v) is 9.51. The van der Waals surface area contributed by atoms with E-state index in [4.69, 9.17) is 9.47 Å². The third-order valence-electron chi connectivity index (χ3n) is 4.76. The largest absolute Gasteiger partial charge is 0.497 e. The number of amides is 1. The van der Waals surface area contributed by atoms with E-state index in [0.29, 0.717) is 11.4 Å². The summed E-state index contributed by atoms with van der Waals surface area (Å²) in [4.78, 5) is 12.8. The fourth-order valence-corrected chi connectivity index (χ4v) is 3.14. The van der Waals surface area contributed by atoms with E-state index in [-0.39, 0.29) is 11.9 Å². The third kappa shape index (κ3) is 5.15. The van der Waals surface area contributed by atoms with Crippen LogP contribution in [0.4, 0.5) is 5.69 Å². The number of ether oxygens (including phenoxy) is 2. The number of hydrogen-bond donors (Lipinski definition) is 2. The van der Waals surface area contributed by atoms with E-state index in [1.54, 1.807) is 14.2 Å². The van der Waals surface area contributed by atoms with Crippen molar-refractivity contribution in [3.63, 3.8) is 0 Å². The zero-order chi connectivity index (χ0) is 20.6. The minimum Gasteiger partial charge on any atom is -0.497 e. The molecule has 1 amide bonds. The Morgan fingerprint density at radius 2 is 1.41 bits per heavy atom. The first kappa shape index (κ1) is 20.4. The topological polar surface area (TPSA) is 59.6 Å². The van der Waals surface area contributed by atoms with Gasteiger partial charge in [0, 0.05) is 0 Å². The fourth-order valence-electron chi connectivity index (χ4n) is 3.14. The minimum atomic E-state index is -0.438. The monoisotopic (exact) mass is 390 g/mol. The highest BCUT2D eigenvalue weighted by Crippen LogP contribution is 2.26. The van der Waals surface area contributed by atoms with Crippen LogP contribution < -0.4 is 20.1 Å². The average molecular weight is 390 g/mol. The molecule has 0 spiro atoms. The molecule has 3 aromatic rings. The van der Waals surface area contributed by atoms with Gasteiger partial charge in [0.05, 0.1) is 32.0 Å². The van der Waals surface area contributed by atoms with Crippen molar-refractivity contribution >= 4 is 11.6 Å². The van der Waals surface area contributed by atoms with Crippen molar-refractivity contribution in [1.29, 1.82) is 0 Å². The first-order valence-electron chi connectivity index (χ1n) is 9.51. The van der Waals surface area contributed by atoms with Crippen molar-refractivity contribution in [3.8, 4) is 11.5 Å². The highest BCUT2D eigenvalue weighted by atomic mass is 16.5. The molecule has 2 atom stereocenters. The lowest BCUT2D eigenvalue weighted by atomic mass is 9.97. The summed E-state index contributed by atoms with van der Waals surface area (Å²) in [6.45, 7) is 1.85. The maximum absolute atomic E-state index is 12.8. The molecular weight excluding hydrogens is 364 g/mol. The lowest BCUT2D eigenvalue weighted by molar-refractivity contribution is -0.117. The van der Waals surface area contributed by atoms with Gasteiger partial charge in [-0.05, 0) is 42.3 Å². The van der Waals surface area contributed by atoms with Crippen LogP contribution in [0.5, 0.6) is 11.5 Å². The highest BCUT2D eigenvalue weighted by molar-refractivity contribution is 5.95. The number of rotatable bonds is 8. The molecule has 5 nitrogen and oxygen atoms in total. The molecule has 0 aliphatic rings. The second kappa shape index (κ2) is 9.75. The number of carbonyl (C=O) groups is 1. The van der Waals surface area contributed by atoms with Crippen LogP contribution >= 0.6 is 0 Å². The van der Waals surface area contributed by atoms with Crippen molar-refractivity contribution in [1.82, 2.24) is 5.32 Å². The number of hydrogen-bond acceptors (Lipinski definition) is 4. The van der Waals surface area contributed by atoms with Gasteiger partial charge in [-0.2, -0.15) is 0 Å².